The minimum atomic E-state index is -1.10. The first kappa shape index (κ1) is 14.3. The van der Waals surface area contributed by atoms with E-state index in [4.69, 9.17) is 19.8 Å². The highest BCUT2D eigenvalue weighted by Gasteiger charge is 2.11. The van der Waals surface area contributed by atoms with E-state index in [-0.39, 0.29) is 12.4 Å². The van der Waals surface area contributed by atoms with Crippen LogP contribution in [0.25, 0.3) is 0 Å². The predicted molar refractivity (Wildman–Crippen MR) is 65.3 cm³/mol. The van der Waals surface area contributed by atoms with Crippen molar-refractivity contribution >= 4 is 12.2 Å². The highest BCUT2D eigenvalue weighted by molar-refractivity contribution is 5.85. The van der Waals surface area contributed by atoms with E-state index in [0.717, 1.165) is 0 Å². The molecule has 7 heteroatoms. The second-order valence-corrected chi connectivity index (χ2v) is 3.23. The SMILES string of the molecule is COc1cccc(C=NOCC#N)c1OCC(=O)O. The van der Waals surface area contributed by atoms with Crippen molar-refractivity contribution in [1.82, 2.24) is 0 Å². The molecule has 0 spiro atoms. The van der Waals surface area contributed by atoms with E-state index in [0.29, 0.717) is 11.3 Å². The third-order valence-corrected chi connectivity index (χ3v) is 1.96. The molecule has 1 N–H and O–H groups in total. The van der Waals surface area contributed by atoms with Gasteiger partial charge in [0.2, 0.25) is 6.61 Å². The summed E-state index contributed by atoms with van der Waals surface area (Å²) in [6.07, 6.45) is 1.32. The summed E-state index contributed by atoms with van der Waals surface area (Å²) in [6.45, 7) is -0.675. The third kappa shape index (κ3) is 4.55. The summed E-state index contributed by atoms with van der Waals surface area (Å²) in [7, 11) is 1.44. The Morgan fingerprint density at radius 3 is 3.00 bits per heavy atom. The number of carboxylic acid groups (broad SMARTS) is 1. The van der Waals surface area contributed by atoms with Gasteiger partial charge in [0.05, 0.1) is 13.3 Å². The van der Waals surface area contributed by atoms with E-state index in [1.54, 1.807) is 24.3 Å². The number of para-hydroxylation sites is 1. The summed E-state index contributed by atoms with van der Waals surface area (Å²) in [5, 5.41) is 20.5. The number of nitrogens with zero attached hydrogens (tertiary/aromatic N) is 2. The number of benzene rings is 1. The molecule has 0 aliphatic carbocycles. The van der Waals surface area contributed by atoms with Crippen LogP contribution in [0.15, 0.2) is 23.4 Å². The second kappa shape index (κ2) is 7.55. The standard InChI is InChI=1S/C12H12N2O5/c1-17-10-4-2-3-9(7-14-19-6-5-13)12(10)18-8-11(15)16/h2-4,7H,6,8H2,1H3,(H,15,16). The van der Waals surface area contributed by atoms with Crippen LogP contribution in [0.5, 0.6) is 11.5 Å². The van der Waals surface area contributed by atoms with Gasteiger partial charge in [0, 0.05) is 5.56 Å². The zero-order valence-electron chi connectivity index (χ0n) is 10.2. The normalized spacial score (nSPS) is 9.89. The van der Waals surface area contributed by atoms with Crippen molar-refractivity contribution in [2.75, 3.05) is 20.3 Å². The molecule has 0 saturated heterocycles. The topological polar surface area (TPSA) is 101 Å². The Morgan fingerprint density at radius 1 is 1.58 bits per heavy atom. The fraction of sp³-hybridized carbons (Fsp3) is 0.250. The number of rotatable bonds is 7. The predicted octanol–water partition coefficient (Wildman–Crippen LogP) is 1.03. The van der Waals surface area contributed by atoms with E-state index in [1.165, 1.54) is 13.3 Å². The molecule has 0 aliphatic rings. The quantitative estimate of drug-likeness (QED) is 0.448. The molecule has 7 nitrogen and oxygen atoms in total. The first-order valence-electron chi connectivity index (χ1n) is 5.23. The number of carboxylic acids is 1. The van der Waals surface area contributed by atoms with Gasteiger partial charge in [0.25, 0.3) is 0 Å². The maximum Gasteiger partial charge on any atom is 0.341 e. The number of hydrogen-bond acceptors (Lipinski definition) is 6. The van der Waals surface area contributed by atoms with E-state index in [9.17, 15) is 4.79 Å². The van der Waals surface area contributed by atoms with Crippen LogP contribution < -0.4 is 9.47 Å². The maximum atomic E-state index is 10.5. The molecular formula is C12H12N2O5. The minimum absolute atomic E-state index is 0.175. The van der Waals surface area contributed by atoms with Gasteiger partial charge in [0.1, 0.15) is 6.07 Å². The van der Waals surface area contributed by atoms with Gasteiger partial charge >= 0.3 is 5.97 Å². The molecule has 1 aromatic carbocycles. The molecule has 0 aromatic heterocycles. The first-order chi connectivity index (χ1) is 9.19. The Bertz CT molecular complexity index is 507. The van der Waals surface area contributed by atoms with E-state index < -0.39 is 12.6 Å². The van der Waals surface area contributed by atoms with Crippen molar-refractivity contribution in [1.29, 1.82) is 5.26 Å². The smallest absolute Gasteiger partial charge is 0.341 e. The number of methoxy groups -OCH3 is 1. The summed E-state index contributed by atoms with van der Waals surface area (Å²) in [4.78, 5) is 15.2. The second-order valence-electron chi connectivity index (χ2n) is 3.23. The largest absolute Gasteiger partial charge is 0.493 e. The molecule has 1 aromatic rings. The Morgan fingerprint density at radius 2 is 2.37 bits per heavy atom. The first-order valence-corrected chi connectivity index (χ1v) is 5.23. The monoisotopic (exact) mass is 264 g/mol. The molecule has 0 bridgehead atoms. The van der Waals surface area contributed by atoms with Gasteiger partial charge < -0.3 is 19.4 Å². The van der Waals surface area contributed by atoms with Gasteiger partial charge in [-0.3, -0.25) is 0 Å². The Kier molecular flexibility index (Phi) is 5.69. The summed E-state index contributed by atoms with van der Waals surface area (Å²) >= 11 is 0. The molecule has 0 amide bonds. The van der Waals surface area contributed by atoms with Crippen LogP contribution in [0, 0.1) is 11.3 Å². The molecule has 0 atom stereocenters. The lowest BCUT2D eigenvalue weighted by atomic mass is 10.2. The summed E-state index contributed by atoms with van der Waals surface area (Å²) in [5.74, 6) is -0.475. The molecule has 0 unspecified atom stereocenters. The van der Waals surface area contributed by atoms with Gasteiger partial charge in [-0.25, -0.2) is 4.79 Å². The van der Waals surface area contributed by atoms with Crippen molar-refractivity contribution in [3.05, 3.63) is 23.8 Å². The van der Waals surface area contributed by atoms with Crippen LogP contribution in [0.2, 0.25) is 0 Å². The molecule has 0 saturated carbocycles. The van der Waals surface area contributed by atoms with Gasteiger partial charge in [-0.2, -0.15) is 5.26 Å². The third-order valence-electron chi connectivity index (χ3n) is 1.96. The van der Waals surface area contributed by atoms with E-state index in [1.807, 2.05) is 0 Å². The van der Waals surface area contributed by atoms with Crippen LogP contribution in [-0.4, -0.2) is 37.6 Å². The highest BCUT2D eigenvalue weighted by atomic mass is 16.6. The van der Waals surface area contributed by atoms with Crippen molar-refractivity contribution in [3.63, 3.8) is 0 Å². The van der Waals surface area contributed by atoms with Crippen LogP contribution in [0.1, 0.15) is 5.56 Å². The van der Waals surface area contributed by atoms with Crippen LogP contribution in [0.4, 0.5) is 0 Å². The van der Waals surface area contributed by atoms with E-state index in [2.05, 4.69) is 9.99 Å². The van der Waals surface area contributed by atoms with Crippen molar-refractivity contribution < 1.29 is 24.2 Å². The zero-order valence-corrected chi connectivity index (χ0v) is 10.2. The van der Waals surface area contributed by atoms with Crippen LogP contribution in [0.3, 0.4) is 0 Å². The lowest BCUT2D eigenvalue weighted by Crippen LogP contribution is -2.11. The van der Waals surface area contributed by atoms with Crippen LogP contribution in [-0.2, 0) is 9.63 Å². The average molecular weight is 264 g/mol. The number of oxime groups is 1. The summed E-state index contributed by atoms with van der Waals surface area (Å²) in [6, 6.07) is 6.74. The lowest BCUT2D eigenvalue weighted by molar-refractivity contribution is -0.139. The van der Waals surface area contributed by atoms with Gasteiger partial charge in [-0.05, 0) is 12.1 Å². The van der Waals surface area contributed by atoms with Crippen molar-refractivity contribution in [3.8, 4) is 17.6 Å². The Labute approximate surface area is 109 Å². The molecule has 19 heavy (non-hydrogen) atoms. The van der Waals surface area contributed by atoms with Gasteiger partial charge in [-0.15, -0.1) is 0 Å². The maximum absolute atomic E-state index is 10.5. The molecule has 0 radical (unpaired) electrons. The molecule has 0 fully saturated rings. The number of carbonyl (C=O) groups is 1. The highest BCUT2D eigenvalue weighted by Crippen LogP contribution is 2.29. The molecule has 1 rings (SSSR count). The average Bonchev–Trinajstić information content (AvgIpc) is 2.41. The van der Waals surface area contributed by atoms with Crippen LogP contribution >= 0.6 is 0 Å². The Balaban J connectivity index is 2.92. The lowest BCUT2D eigenvalue weighted by Gasteiger charge is -2.11. The zero-order chi connectivity index (χ0) is 14.1. The van der Waals surface area contributed by atoms with Crippen molar-refractivity contribution in [2.45, 2.75) is 0 Å². The molecular weight excluding hydrogens is 252 g/mol. The number of ether oxygens (including phenoxy) is 2. The van der Waals surface area contributed by atoms with Gasteiger partial charge in [-0.1, -0.05) is 11.2 Å². The summed E-state index contributed by atoms with van der Waals surface area (Å²) in [5.41, 5.74) is 0.485. The van der Waals surface area contributed by atoms with E-state index >= 15 is 0 Å². The van der Waals surface area contributed by atoms with Gasteiger partial charge in [0.15, 0.2) is 18.1 Å². The minimum Gasteiger partial charge on any atom is -0.493 e. The molecule has 0 aliphatic heterocycles. The molecule has 100 valence electrons. The molecule has 0 heterocycles. The van der Waals surface area contributed by atoms with Crippen molar-refractivity contribution in [2.24, 2.45) is 5.16 Å². The Hall–Kier alpha value is -2.75. The number of hydrogen-bond donors (Lipinski definition) is 1. The number of nitriles is 1. The fourth-order valence-corrected chi connectivity index (χ4v) is 1.24. The number of aliphatic carboxylic acids is 1. The summed E-state index contributed by atoms with van der Waals surface area (Å²) < 4.78 is 10.2. The fourth-order valence-electron chi connectivity index (χ4n) is 1.24.